The maximum absolute atomic E-state index is 12.8. The van der Waals surface area contributed by atoms with Gasteiger partial charge in [-0.1, -0.05) is 0 Å². The van der Waals surface area contributed by atoms with Gasteiger partial charge in [0.15, 0.2) is 0 Å². The fourth-order valence-electron chi connectivity index (χ4n) is 1.61. The van der Waals surface area contributed by atoms with Crippen molar-refractivity contribution in [1.82, 2.24) is 15.1 Å². The van der Waals surface area contributed by atoms with Crippen molar-refractivity contribution in [2.45, 2.75) is 19.6 Å². The number of nitrogens with zero attached hydrogens (tertiary/aromatic N) is 2. The van der Waals surface area contributed by atoms with Crippen LogP contribution in [0.1, 0.15) is 12.5 Å². The summed E-state index contributed by atoms with van der Waals surface area (Å²) in [4.78, 5) is 0. The van der Waals surface area contributed by atoms with Crippen LogP contribution in [0.25, 0.3) is 5.69 Å². The zero-order valence-corrected chi connectivity index (χ0v) is 10.2. The number of benzene rings is 1. The number of halogens is 1. The lowest BCUT2D eigenvalue weighted by Crippen LogP contribution is -2.23. The van der Waals surface area contributed by atoms with Gasteiger partial charge >= 0.3 is 0 Å². The van der Waals surface area contributed by atoms with Gasteiger partial charge in [0.05, 0.1) is 18.0 Å². The van der Waals surface area contributed by atoms with Gasteiger partial charge in [-0.15, -0.1) is 0 Å². The Morgan fingerprint density at radius 1 is 1.39 bits per heavy atom. The van der Waals surface area contributed by atoms with E-state index in [1.807, 2.05) is 6.20 Å². The quantitative estimate of drug-likeness (QED) is 0.844. The standard InChI is InChI=1S/C13H16FN3O/c1-10(18)6-15-7-11-8-16-17(9-11)13-4-2-12(14)3-5-13/h2-5,8-10,15,18H,6-7H2,1H3. The molecule has 18 heavy (non-hydrogen) atoms. The lowest BCUT2D eigenvalue weighted by molar-refractivity contribution is 0.191. The number of hydrogen-bond acceptors (Lipinski definition) is 3. The summed E-state index contributed by atoms with van der Waals surface area (Å²) in [6, 6.07) is 6.16. The van der Waals surface area contributed by atoms with Crippen LogP contribution < -0.4 is 5.32 Å². The summed E-state index contributed by atoms with van der Waals surface area (Å²) in [5.74, 6) is -0.260. The fraction of sp³-hybridized carbons (Fsp3) is 0.308. The molecule has 1 atom stereocenters. The summed E-state index contributed by atoms with van der Waals surface area (Å²) < 4.78 is 14.5. The van der Waals surface area contributed by atoms with Crippen molar-refractivity contribution >= 4 is 0 Å². The molecule has 0 saturated carbocycles. The van der Waals surface area contributed by atoms with Crippen molar-refractivity contribution in [3.8, 4) is 5.69 Å². The second-order valence-electron chi connectivity index (χ2n) is 4.25. The topological polar surface area (TPSA) is 50.1 Å². The highest BCUT2D eigenvalue weighted by Gasteiger charge is 2.02. The normalized spacial score (nSPS) is 12.6. The van der Waals surface area contributed by atoms with E-state index in [9.17, 15) is 4.39 Å². The van der Waals surface area contributed by atoms with Gasteiger partial charge < -0.3 is 10.4 Å². The molecule has 2 rings (SSSR count). The Balaban J connectivity index is 1.99. The molecule has 5 heteroatoms. The molecule has 0 aliphatic heterocycles. The number of aromatic nitrogens is 2. The predicted octanol–water partition coefficient (Wildman–Crippen LogP) is 1.48. The Hall–Kier alpha value is -1.72. The van der Waals surface area contributed by atoms with Crippen molar-refractivity contribution < 1.29 is 9.50 Å². The maximum Gasteiger partial charge on any atom is 0.123 e. The third-order valence-electron chi connectivity index (χ3n) is 2.50. The third kappa shape index (κ3) is 3.38. The first-order valence-electron chi connectivity index (χ1n) is 5.83. The molecule has 1 aromatic carbocycles. The minimum absolute atomic E-state index is 0.260. The van der Waals surface area contributed by atoms with Gasteiger partial charge in [0.1, 0.15) is 5.82 Å². The summed E-state index contributed by atoms with van der Waals surface area (Å²) in [7, 11) is 0. The molecule has 96 valence electrons. The van der Waals surface area contributed by atoms with Gasteiger partial charge in [0.2, 0.25) is 0 Å². The Labute approximate surface area is 105 Å². The van der Waals surface area contributed by atoms with Crippen molar-refractivity contribution in [2.24, 2.45) is 0 Å². The van der Waals surface area contributed by atoms with E-state index in [0.29, 0.717) is 13.1 Å². The number of nitrogens with one attached hydrogen (secondary N) is 1. The minimum Gasteiger partial charge on any atom is -0.392 e. The second kappa shape index (κ2) is 5.75. The molecule has 1 aromatic heterocycles. The molecule has 0 radical (unpaired) electrons. The van der Waals surface area contributed by atoms with Crippen molar-refractivity contribution in [3.05, 3.63) is 48.0 Å². The van der Waals surface area contributed by atoms with Crippen LogP contribution in [0.4, 0.5) is 4.39 Å². The van der Waals surface area contributed by atoms with Crippen LogP contribution in [0.2, 0.25) is 0 Å². The maximum atomic E-state index is 12.8. The van der Waals surface area contributed by atoms with Gasteiger partial charge in [0, 0.05) is 24.8 Å². The Morgan fingerprint density at radius 2 is 2.11 bits per heavy atom. The third-order valence-corrected chi connectivity index (χ3v) is 2.50. The smallest absolute Gasteiger partial charge is 0.123 e. The van der Waals surface area contributed by atoms with Gasteiger partial charge in [0.25, 0.3) is 0 Å². The molecule has 0 aliphatic rings. The van der Waals surface area contributed by atoms with Gasteiger partial charge in [-0.2, -0.15) is 5.10 Å². The first kappa shape index (κ1) is 12.7. The van der Waals surface area contributed by atoms with Crippen molar-refractivity contribution in [3.63, 3.8) is 0 Å². The molecule has 2 N–H and O–H groups in total. The Morgan fingerprint density at radius 3 is 2.78 bits per heavy atom. The number of aliphatic hydroxyl groups excluding tert-OH is 1. The molecule has 0 fully saturated rings. The molecule has 0 amide bonds. The van der Waals surface area contributed by atoms with Gasteiger partial charge in [-0.25, -0.2) is 9.07 Å². The Kier molecular flexibility index (Phi) is 4.07. The highest BCUT2D eigenvalue weighted by atomic mass is 19.1. The SMILES string of the molecule is CC(O)CNCc1cnn(-c2ccc(F)cc2)c1. The molecular weight excluding hydrogens is 233 g/mol. The molecule has 0 saturated heterocycles. The van der Waals surface area contributed by atoms with Crippen LogP contribution in [0.3, 0.4) is 0 Å². The van der Waals surface area contributed by atoms with Gasteiger partial charge in [-0.3, -0.25) is 0 Å². The second-order valence-corrected chi connectivity index (χ2v) is 4.25. The highest BCUT2D eigenvalue weighted by Crippen LogP contribution is 2.09. The average molecular weight is 249 g/mol. The minimum atomic E-state index is -0.364. The highest BCUT2D eigenvalue weighted by molar-refractivity contribution is 5.31. The summed E-state index contributed by atoms with van der Waals surface area (Å²) in [6.07, 6.45) is 3.26. The predicted molar refractivity (Wildman–Crippen MR) is 66.9 cm³/mol. The lowest BCUT2D eigenvalue weighted by Gasteiger charge is -2.04. The van der Waals surface area contributed by atoms with Crippen molar-refractivity contribution in [2.75, 3.05) is 6.54 Å². The molecule has 4 nitrogen and oxygen atoms in total. The number of rotatable bonds is 5. The van der Waals surface area contributed by atoms with Gasteiger partial charge in [-0.05, 0) is 31.2 Å². The summed E-state index contributed by atoms with van der Waals surface area (Å²) in [5.41, 5.74) is 1.83. The van der Waals surface area contributed by atoms with E-state index in [2.05, 4.69) is 10.4 Å². The zero-order chi connectivity index (χ0) is 13.0. The van der Waals surface area contributed by atoms with E-state index in [0.717, 1.165) is 11.3 Å². The molecule has 1 heterocycles. The number of aliphatic hydroxyl groups is 1. The molecule has 2 aromatic rings. The zero-order valence-electron chi connectivity index (χ0n) is 10.2. The first-order valence-corrected chi connectivity index (χ1v) is 5.83. The monoisotopic (exact) mass is 249 g/mol. The van der Waals surface area contributed by atoms with Crippen LogP contribution in [0.15, 0.2) is 36.7 Å². The van der Waals surface area contributed by atoms with Crippen LogP contribution in [-0.2, 0) is 6.54 Å². The van der Waals surface area contributed by atoms with E-state index in [1.165, 1.54) is 12.1 Å². The largest absolute Gasteiger partial charge is 0.392 e. The molecule has 0 spiro atoms. The fourth-order valence-corrected chi connectivity index (χ4v) is 1.61. The average Bonchev–Trinajstić information content (AvgIpc) is 2.78. The van der Waals surface area contributed by atoms with E-state index in [1.54, 1.807) is 29.9 Å². The van der Waals surface area contributed by atoms with E-state index < -0.39 is 0 Å². The first-order chi connectivity index (χ1) is 8.65. The van der Waals surface area contributed by atoms with Crippen molar-refractivity contribution in [1.29, 1.82) is 0 Å². The van der Waals surface area contributed by atoms with Crippen LogP contribution in [-0.4, -0.2) is 27.5 Å². The van der Waals surface area contributed by atoms with E-state index in [-0.39, 0.29) is 11.9 Å². The lowest BCUT2D eigenvalue weighted by atomic mass is 10.3. The summed E-state index contributed by atoms with van der Waals surface area (Å²) in [6.45, 7) is 2.92. The Bertz CT molecular complexity index is 493. The molecule has 0 bridgehead atoms. The van der Waals surface area contributed by atoms with Crippen LogP contribution >= 0.6 is 0 Å². The van der Waals surface area contributed by atoms with E-state index >= 15 is 0 Å². The van der Waals surface area contributed by atoms with Crippen LogP contribution in [0, 0.1) is 5.82 Å². The summed E-state index contributed by atoms with van der Waals surface area (Å²) >= 11 is 0. The van der Waals surface area contributed by atoms with E-state index in [4.69, 9.17) is 5.11 Å². The molecule has 0 aliphatic carbocycles. The number of hydrogen-bond donors (Lipinski definition) is 2. The molecular formula is C13H16FN3O. The van der Waals surface area contributed by atoms with Crippen LogP contribution in [0.5, 0.6) is 0 Å². The molecule has 1 unspecified atom stereocenters. The summed E-state index contributed by atoms with van der Waals surface area (Å²) in [5, 5.41) is 16.4.